The number of pyridine rings is 1. The first-order chi connectivity index (χ1) is 8.80. The van der Waals surface area contributed by atoms with Crippen molar-refractivity contribution in [1.82, 2.24) is 4.98 Å². The topological polar surface area (TPSA) is 55.1 Å². The van der Waals surface area contributed by atoms with Gasteiger partial charge in [0, 0.05) is 11.7 Å². The summed E-state index contributed by atoms with van der Waals surface area (Å²) in [5.41, 5.74) is 1.35. The second kappa shape index (κ2) is 4.62. The molecule has 4 nitrogen and oxygen atoms in total. The van der Waals surface area contributed by atoms with E-state index in [4.69, 9.17) is 9.31 Å². The van der Waals surface area contributed by atoms with Crippen molar-refractivity contribution < 1.29 is 9.31 Å². The van der Waals surface area contributed by atoms with Crippen LogP contribution in [0.2, 0.25) is 0 Å². The molecule has 0 spiro atoms. The number of hydrogen-bond donors (Lipinski definition) is 0. The Morgan fingerprint density at radius 2 is 1.84 bits per heavy atom. The van der Waals surface area contributed by atoms with E-state index in [-0.39, 0.29) is 0 Å². The number of nitriles is 1. The molecule has 0 radical (unpaired) electrons. The van der Waals surface area contributed by atoms with Gasteiger partial charge in [0.05, 0.1) is 11.2 Å². The Morgan fingerprint density at radius 3 is 2.32 bits per heavy atom. The summed E-state index contributed by atoms with van der Waals surface area (Å²) in [4.78, 5) is 4.19. The minimum atomic E-state index is -0.529. The fourth-order valence-corrected chi connectivity index (χ4v) is 1.96. The molecule has 0 N–H and O–H groups in total. The molecular weight excluding hydrogens is 239 g/mol. The zero-order valence-electron chi connectivity index (χ0n) is 12.2. The van der Waals surface area contributed by atoms with Gasteiger partial charge in [-0.1, -0.05) is 13.0 Å². The molecule has 2 rings (SSSR count). The third kappa shape index (κ3) is 2.38. The molecule has 100 valence electrons. The first kappa shape index (κ1) is 14.0. The Bertz CT molecular complexity index is 519. The third-order valence-corrected chi connectivity index (χ3v) is 4.00. The summed E-state index contributed by atoms with van der Waals surface area (Å²) < 4.78 is 12.0. The smallest absolute Gasteiger partial charge is 0.399 e. The minimum Gasteiger partial charge on any atom is -0.399 e. The summed E-state index contributed by atoms with van der Waals surface area (Å²) in [7, 11) is -0.529. The van der Waals surface area contributed by atoms with Crippen LogP contribution < -0.4 is 5.46 Å². The van der Waals surface area contributed by atoms with Crippen LogP contribution in [0.4, 0.5) is 0 Å². The maximum absolute atomic E-state index is 9.18. The average Bonchev–Trinajstić information content (AvgIpc) is 2.57. The van der Waals surface area contributed by atoms with Gasteiger partial charge < -0.3 is 9.31 Å². The van der Waals surface area contributed by atoms with Crippen molar-refractivity contribution in [2.75, 3.05) is 0 Å². The zero-order chi connectivity index (χ0) is 14.3. The predicted molar refractivity (Wildman–Crippen MR) is 74.0 cm³/mol. The van der Waals surface area contributed by atoms with Gasteiger partial charge in [-0.15, -0.1) is 0 Å². The first-order valence-corrected chi connectivity index (χ1v) is 6.55. The Balaban J connectivity index is 2.41. The van der Waals surface area contributed by atoms with E-state index in [2.05, 4.69) is 18.0 Å². The minimum absolute atomic E-state index is 0.371. The van der Waals surface area contributed by atoms with E-state index >= 15 is 0 Å². The summed E-state index contributed by atoms with van der Waals surface area (Å²) in [5, 5.41) is 9.18. The second-order valence-electron chi connectivity index (χ2n) is 5.84. The molecule has 1 fully saturated rings. The molecule has 1 aliphatic heterocycles. The van der Waals surface area contributed by atoms with Crippen molar-refractivity contribution in [1.29, 1.82) is 5.26 Å². The lowest BCUT2D eigenvalue weighted by molar-refractivity contribution is 0.00578. The van der Waals surface area contributed by atoms with Crippen LogP contribution in [0.3, 0.4) is 0 Å². The normalized spacial score (nSPS) is 20.3. The molecule has 0 bridgehead atoms. The van der Waals surface area contributed by atoms with Crippen molar-refractivity contribution in [3.8, 4) is 6.07 Å². The van der Waals surface area contributed by atoms with Gasteiger partial charge in [0.15, 0.2) is 0 Å². The fourth-order valence-electron chi connectivity index (χ4n) is 1.96. The van der Waals surface area contributed by atoms with E-state index in [9.17, 15) is 5.26 Å². The van der Waals surface area contributed by atoms with E-state index in [0.29, 0.717) is 5.69 Å². The maximum atomic E-state index is 9.18. The van der Waals surface area contributed by atoms with Crippen LogP contribution in [0.25, 0.3) is 0 Å². The summed E-state index contributed by atoms with van der Waals surface area (Å²) in [6, 6.07) is 4.06. The van der Waals surface area contributed by atoms with Crippen molar-refractivity contribution in [3.63, 3.8) is 0 Å². The summed E-state index contributed by atoms with van der Waals surface area (Å²) >= 11 is 0. The standard InChI is InChI=1S/C14H19BN2O2/c1-6-10-7-11(12(8-16)17-9-10)15-18-13(2,3)14(4,5)19-15/h7,9H,6H2,1-5H3. The number of aryl methyl sites for hydroxylation is 1. The highest BCUT2D eigenvalue weighted by Gasteiger charge is 2.52. The monoisotopic (exact) mass is 258 g/mol. The first-order valence-electron chi connectivity index (χ1n) is 6.55. The van der Waals surface area contributed by atoms with Gasteiger partial charge in [-0.25, -0.2) is 4.98 Å². The van der Waals surface area contributed by atoms with Crippen molar-refractivity contribution in [3.05, 3.63) is 23.5 Å². The van der Waals surface area contributed by atoms with Crippen molar-refractivity contribution in [2.24, 2.45) is 0 Å². The van der Waals surface area contributed by atoms with Crippen molar-refractivity contribution in [2.45, 2.75) is 52.2 Å². The van der Waals surface area contributed by atoms with Gasteiger partial charge in [0.25, 0.3) is 0 Å². The lowest BCUT2D eigenvalue weighted by atomic mass is 9.77. The molecule has 0 aliphatic carbocycles. The summed E-state index contributed by atoms with van der Waals surface area (Å²) in [6.45, 7) is 10.0. The van der Waals surface area contributed by atoms with Crippen molar-refractivity contribution >= 4 is 12.6 Å². The largest absolute Gasteiger partial charge is 0.497 e. The Morgan fingerprint density at radius 1 is 1.26 bits per heavy atom. The molecule has 0 amide bonds. The second-order valence-corrected chi connectivity index (χ2v) is 5.84. The van der Waals surface area contributed by atoms with Crippen LogP contribution in [0, 0.1) is 11.3 Å². The third-order valence-electron chi connectivity index (χ3n) is 4.00. The van der Waals surface area contributed by atoms with Gasteiger partial charge in [-0.3, -0.25) is 0 Å². The molecule has 1 aromatic rings. The van der Waals surface area contributed by atoms with E-state index < -0.39 is 18.3 Å². The Kier molecular flexibility index (Phi) is 3.42. The molecule has 19 heavy (non-hydrogen) atoms. The quantitative estimate of drug-likeness (QED) is 0.759. The zero-order valence-corrected chi connectivity index (χ0v) is 12.2. The van der Waals surface area contributed by atoms with Crippen LogP contribution >= 0.6 is 0 Å². The SMILES string of the molecule is CCc1cnc(C#N)c(B2OC(C)(C)C(C)(C)O2)c1. The highest BCUT2D eigenvalue weighted by molar-refractivity contribution is 6.62. The number of hydrogen-bond acceptors (Lipinski definition) is 4. The molecule has 0 unspecified atom stereocenters. The molecule has 1 saturated heterocycles. The van der Waals surface area contributed by atoms with Crippen LogP contribution in [0.1, 0.15) is 45.9 Å². The predicted octanol–water partition coefficient (Wildman–Crippen LogP) is 1.81. The van der Waals surface area contributed by atoms with Gasteiger partial charge in [-0.05, 0) is 39.7 Å². The van der Waals surface area contributed by atoms with Crippen LogP contribution in [-0.2, 0) is 15.7 Å². The van der Waals surface area contributed by atoms with E-state index in [0.717, 1.165) is 17.4 Å². The molecule has 5 heteroatoms. The summed E-state index contributed by atoms with van der Waals surface area (Å²) in [5.74, 6) is 0. The Labute approximate surface area is 114 Å². The van der Waals surface area contributed by atoms with Gasteiger partial charge in [0.1, 0.15) is 11.8 Å². The van der Waals surface area contributed by atoms with Gasteiger partial charge in [0.2, 0.25) is 0 Å². The number of nitrogens with zero attached hydrogens (tertiary/aromatic N) is 2. The molecule has 0 aromatic carbocycles. The molecule has 0 atom stereocenters. The lowest BCUT2D eigenvalue weighted by Crippen LogP contribution is -2.41. The maximum Gasteiger partial charge on any atom is 0.497 e. The van der Waals surface area contributed by atoms with E-state index in [1.54, 1.807) is 6.20 Å². The van der Waals surface area contributed by atoms with Crippen LogP contribution in [0.15, 0.2) is 12.3 Å². The van der Waals surface area contributed by atoms with Crippen LogP contribution in [-0.4, -0.2) is 23.3 Å². The molecule has 1 aliphatic rings. The Hall–Kier alpha value is -1.38. The summed E-state index contributed by atoms with van der Waals surface area (Å²) in [6.07, 6.45) is 2.60. The van der Waals surface area contributed by atoms with Gasteiger partial charge >= 0.3 is 7.12 Å². The molecule has 2 heterocycles. The molecule has 1 aromatic heterocycles. The van der Waals surface area contributed by atoms with E-state index in [1.807, 2.05) is 33.8 Å². The number of rotatable bonds is 2. The van der Waals surface area contributed by atoms with E-state index in [1.165, 1.54) is 0 Å². The molecular formula is C14H19BN2O2. The highest BCUT2D eigenvalue weighted by Crippen LogP contribution is 2.36. The average molecular weight is 258 g/mol. The molecule has 0 saturated carbocycles. The highest BCUT2D eigenvalue weighted by atomic mass is 16.7. The fraction of sp³-hybridized carbons (Fsp3) is 0.571. The van der Waals surface area contributed by atoms with Gasteiger partial charge in [-0.2, -0.15) is 5.26 Å². The van der Waals surface area contributed by atoms with Crippen LogP contribution in [0.5, 0.6) is 0 Å². The number of aromatic nitrogens is 1. The lowest BCUT2D eigenvalue weighted by Gasteiger charge is -2.32.